The fourth-order valence-corrected chi connectivity index (χ4v) is 2.18. The molecule has 1 N–H and O–H groups in total. The third-order valence-electron chi connectivity index (χ3n) is 3.42. The van der Waals surface area contributed by atoms with E-state index < -0.39 is 36.4 Å². The molecule has 0 aromatic heterocycles. The van der Waals surface area contributed by atoms with Crippen molar-refractivity contribution in [3.8, 4) is 0 Å². The molecule has 20 heavy (non-hydrogen) atoms. The highest BCUT2D eigenvalue weighted by atomic mass is 19.3. The number of alkyl halides is 2. The number of halogens is 2. The average Bonchev–Trinajstić information content (AvgIpc) is 2.42. The molecule has 2 amide bonds. The highest BCUT2D eigenvalue weighted by Crippen LogP contribution is 2.30. The SMILES string of the molecule is CC1NC(=O)C(C)N(CC(F)(F)c2ccccc2)C1=O. The second-order valence-electron chi connectivity index (χ2n) is 4.94. The van der Waals surface area contributed by atoms with Gasteiger partial charge in [-0.05, 0) is 13.8 Å². The molecule has 1 heterocycles. The van der Waals surface area contributed by atoms with Crippen LogP contribution in [0.2, 0.25) is 0 Å². The largest absolute Gasteiger partial charge is 0.343 e. The van der Waals surface area contributed by atoms with E-state index in [0.717, 1.165) is 4.90 Å². The van der Waals surface area contributed by atoms with Crippen molar-refractivity contribution in [1.29, 1.82) is 0 Å². The first kappa shape index (κ1) is 14.4. The van der Waals surface area contributed by atoms with Crippen LogP contribution < -0.4 is 5.32 Å². The van der Waals surface area contributed by atoms with E-state index in [2.05, 4.69) is 5.32 Å². The number of carbonyl (C=O) groups excluding carboxylic acids is 2. The molecule has 6 heteroatoms. The van der Waals surface area contributed by atoms with E-state index in [9.17, 15) is 18.4 Å². The zero-order chi connectivity index (χ0) is 14.9. The number of nitrogens with one attached hydrogen (secondary N) is 1. The Hall–Kier alpha value is -1.98. The quantitative estimate of drug-likeness (QED) is 0.913. The number of hydrogen-bond acceptors (Lipinski definition) is 2. The Labute approximate surface area is 115 Å². The molecule has 0 aliphatic carbocycles. The molecule has 1 aromatic rings. The summed E-state index contributed by atoms with van der Waals surface area (Å²) in [6.45, 7) is 2.13. The molecule has 1 aliphatic heterocycles. The smallest absolute Gasteiger partial charge is 0.290 e. The molecule has 1 saturated heterocycles. The molecule has 1 fully saturated rings. The van der Waals surface area contributed by atoms with Crippen LogP contribution in [0.5, 0.6) is 0 Å². The third-order valence-corrected chi connectivity index (χ3v) is 3.42. The van der Waals surface area contributed by atoms with Gasteiger partial charge in [0.25, 0.3) is 5.92 Å². The summed E-state index contributed by atoms with van der Waals surface area (Å²) in [5.41, 5.74) is -0.168. The minimum absolute atomic E-state index is 0.168. The second kappa shape index (κ2) is 5.19. The fourth-order valence-electron chi connectivity index (χ4n) is 2.18. The molecule has 1 aromatic carbocycles. The van der Waals surface area contributed by atoms with Gasteiger partial charge in [-0.3, -0.25) is 9.59 Å². The van der Waals surface area contributed by atoms with E-state index in [4.69, 9.17) is 0 Å². The predicted octanol–water partition coefficient (Wildman–Crippen LogP) is 1.51. The predicted molar refractivity (Wildman–Crippen MR) is 69.1 cm³/mol. The first-order chi connectivity index (χ1) is 9.33. The molecular weight excluding hydrogens is 266 g/mol. The number of nitrogens with zero attached hydrogens (tertiary/aromatic N) is 1. The standard InChI is InChI=1S/C14H16F2N2O2/c1-9-13(20)18(10(2)12(19)17-9)8-14(15,16)11-6-4-3-5-7-11/h3-7,9-10H,8H2,1-2H3,(H,17,19). The Bertz CT molecular complexity index is 519. The molecule has 0 saturated carbocycles. The summed E-state index contributed by atoms with van der Waals surface area (Å²) in [6.07, 6.45) is 0. The number of hydrogen-bond donors (Lipinski definition) is 1. The topological polar surface area (TPSA) is 49.4 Å². The highest BCUT2D eigenvalue weighted by molar-refractivity contribution is 5.96. The maximum atomic E-state index is 14.2. The first-order valence-corrected chi connectivity index (χ1v) is 6.37. The third kappa shape index (κ3) is 2.64. The van der Waals surface area contributed by atoms with Gasteiger partial charge in [0.1, 0.15) is 12.1 Å². The van der Waals surface area contributed by atoms with Crippen molar-refractivity contribution in [2.75, 3.05) is 6.54 Å². The molecular formula is C14H16F2N2O2. The highest BCUT2D eigenvalue weighted by Gasteiger charge is 2.42. The molecule has 2 unspecified atom stereocenters. The van der Waals surface area contributed by atoms with Crippen LogP contribution in [0.1, 0.15) is 19.4 Å². The molecule has 0 radical (unpaired) electrons. The summed E-state index contributed by atoms with van der Waals surface area (Å²) >= 11 is 0. The summed E-state index contributed by atoms with van der Waals surface area (Å²) in [7, 11) is 0. The number of rotatable bonds is 3. The van der Waals surface area contributed by atoms with E-state index >= 15 is 0 Å². The van der Waals surface area contributed by atoms with Gasteiger partial charge in [0.05, 0.1) is 6.54 Å². The number of benzene rings is 1. The van der Waals surface area contributed by atoms with Crippen LogP contribution in [-0.2, 0) is 15.5 Å². The molecule has 2 rings (SSSR count). The average molecular weight is 282 g/mol. The van der Waals surface area contributed by atoms with Crippen LogP contribution in [0.4, 0.5) is 8.78 Å². The molecule has 4 nitrogen and oxygen atoms in total. The Kier molecular flexibility index (Phi) is 3.74. The van der Waals surface area contributed by atoms with Crippen molar-refractivity contribution in [3.05, 3.63) is 35.9 Å². The second-order valence-corrected chi connectivity index (χ2v) is 4.94. The van der Waals surface area contributed by atoms with Gasteiger partial charge in [0.2, 0.25) is 11.8 Å². The Morgan fingerprint density at radius 2 is 1.80 bits per heavy atom. The summed E-state index contributed by atoms with van der Waals surface area (Å²) in [5, 5.41) is 2.46. The fraction of sp³-hybridized carbons (Fsp3) is 0.429. The van der Waals surface area contributed by atoms with Crippen molar-refractivity contribution < 1.29 is 18.4 Å². The van der Waals surface area contributed by atoms with Crippen LogP contribution in [0.15, 0.2) is 30.3 Å². The van der Waals surface area contributed by atoms with Gasteiger partial charge in [-0.25, -0.2) is 0 Å². The first-order valence-electron chi connectivity index (χ1n) is 6.37. The van der Waals surface area contributed by atoms with Gasteiger partial charge in [-0.1, -0.05) is 30.3 Å². The van der Waals surface area contributed by atoms with Gasteiger partial charge in [-0.15, -0.1) is 0 Å². The number of carbonyl (C=O) groups is 2. The van der Waals surface area contributed by atoms with Crippen molar-refractivity contribution >= 4 is 11.8 Å². The minimum atomic E-state index is -3.19. The van der Waals surface area contributed by atoms with Gasteiger partial charge in [-0.2, -0.15) is 8.78 Å². The van der Waals surface area contributed by atoms with Crippen LogP contribution >= 0.6 is 0 Å². The zero-order valence-corrected chi connectivity index (χ0v) is 11.3. The molecule has 108 valence electrons. The zero-order valence-electron chi connectivity index (χ0n) is 11.3. The van der Waals surface area contributed by atoms with Crippen molar-refractivity contribution in [2.24, 2.45) is 0 Å². The van der Waals surface area contributed by atoms with E-state index in [1.54, 1.807) is 6.07 Å². The lowest BCUT2D eigenvalue weighted by molar-refractivity contribution is -0.154. The van der Waals surface area contributed by atoms with Crippen LogP contribution in [0.3, 0.4) is 0 Å². The summed E-state index contributed by atoms with van der Waals surface area (Å²) in [4.78, 5) is 24.5. The van der Waals surface area contributed by atoms with E-state index in [1.165, 1.54) is 38.1 Å². The molecule has 1 aliphatic rings. The van der Waals surface area contributed by atoms with Crippen LogP contribution in [-0.4, -0.2) is 35.3 Å². The lowest BCUT2D eigenvalue weighted by Gasteiger charge is -2.38. The number of amides is 2. The Balaban J connectivity index is 2.23. The maximum Gasteiger partial charge on any atom is 0.290 e. The molecule has 0 bridgehead atoms. The van der Waals surface area contributed by atoms with E-state index in [1.807, 2.05) is 0 Å². The maximum absolute atomic E-state index is 14.2. The van der Waals surface area contributed by atoms with Crippen LogP contribution in [0.25, 0.3) is 0 Å². The van der Waals surface area contributed by atoms with Gasteiger partial charge in [0, 0.05) is 5.56 Å². The lowest BCUT2D eigenvalue weighted by Crippen LogP contribution is -2.62. The lowest BCUT2D eigenvalue weighted by atomic mass is 10.0. The van der Waals surface area contributed by atoms with Gasteiger partial charge < -0.3 is 10.2 Å². The Morgan fingerprint density at radius 3 is 2.40 bits per heavy atom. The van der Waals surface area contributed by atoms with Crippen molar-refractivity contribution in [2.45, 2.75) is 31.9 Å². The summed E-state index contributed by atoms with van der Waals surface area (Å²) in [6, 6.07) is 5.62. The minimum Gasteiger partial charge on any atom is -0.343 e. The molecule has 2 atom stereocenters. The Morgan fingerprint density at radius 1 is 1.20 bits per heavy atom. The summed E-state index contributed by atoms with van der Waals surface area (Å²) < 4.78 is 28.4. The van der Waals surface area contributed by atoms with Crippen LogP contribution in [0, 0.1) is 0 Å². The number of piperazine rings is 1. The van der Waals surface area contributed by atoms with Gasteiger partial charge in [0.15, 0.2) is 0 Å². The van der Waals surface area contributed by atoms with E-state index in [-0.39, 0.29) is 5.56 Å². The monoisotopic (exact) mass is 282 g/mol. The van der Waals surface area contributed by atoms with Crippen molar-refractivity contribution in [3.63, 3.8) is 0 Å². The molecule has 0 spiro atoms. The van der Waals surface area contributed by atoms with E-state index in [0.29, 0.717) is 0 Å². The summed E-state index contributed by atoms with van der Waals surface area (Å²) in [5.74, 6) is -4.10. The normalized spacial score (nSPS) is 23.7. The van der Waals surface area contributed by atoms with Crippen molar-refractivity contribution in [1.82, 2.24) is 10.2 Å². The van der Waals surface area contributed by atoms with Gasteiger partial charge >= 0.3 is 0 Å².